The van der Waals surface area contributed by atoms with Crippen LogP contribution in [0.3, 0.4) is 0 Å². The summed E-state index contributed by atoms with van der Waals surface area (Å²) in [6, 6.07) is 0. The number of likely N-dealkylation sites (tertiary alicyclic amines) is 1. The standard InChI is InChI=1S/C14H25N3O2/c1-3-4-11-5-6-17(9-11)13(18)14(12(15)16-19)7-10(2)8-14/h10-11,19H,3-9H2,1-2H3,(H2,15,16). The van der Waals surface area contributed by atoms with Crippen LogP contribution in [0.2, 0.25) is 0 Å². The first-order valence-corrected chi connectivity index (χ1v) is 7.31. The van der Waals surface area contributed by atoms with Crippen LogP contribution in [0.15, 0.2) is 5.16 Å². The number of amides is 1. The number of amidine groups is 1. The Morgan fingerprint density at radius 1 is 1.53 bits per heavy atom. The minimum atomic E-state index is -0.727. The van der Waals surface area contributed by atoms with E-state index in [4.69, 9.17) is 10.9 Å². The lowest BCUT2D eigenvalue weighted by Gasteiger charge is -2.45. The van der Waals surface area contributed by atoms with E-state index in [2.05, 4.69) is 19.0 Å². The Labute approximate surface area is 114 Å². The van der Waals surface area contributed by atoms with Crippen molar-refractivity contribution in [3.63, 3.8) is 0 Å². The lowest BCUT2D eigenvalue weighted by molar-refractivity contribution is -0.143. The number of carbonyl (C=O) groups excluding carboxylic acids is 1. The van der Waals surface area contributed by atoms with Gasteiger partial charge in [0.15, 0.2) is 5.84 Å². The van der Waals surface area contributed by atoms with Crippen LogP contribution in [0.5, 0.6) is 0 Å². The van der Waals surface area contributed by atoms with Crippen LogP contribution in [0.4, 0.5) is 0 Å². The summed E-state index contributed by atoms with van der Waals surface area (Å²) in [6.07, 6.45) is 4.83. The molecule has 2 fully saturated rings. The fourth-order valence-electron chi connectivity index (χ4n) is 3.68. The number of rotatable bonds is 4. The molecule has 1 amide bonds. The molecule has 108 valence electrons. The van der Waals surface area contributed by atoms with Crippen LogP contribution in [-0.2, 0) is 4.79 Å². The van der Waals surface area contributed by atoms with E-state index in [9.17, 15) is 4.79 Å². The average Bonchev–Trinajstić information content (AvgIpc) is 2.82. The third-order valence-electron chi connectivity index (χ3n) is 4.67. The van der Waals surface area contributed by atoms with Crippen molar-refractivity contribution >= 4 is 11.7 Å². The second kappa shape index (κ2) is 5.39. The van der Waals surface area contributed by atoms with Gasteiger partial charge in [-0.3, -0.25) is 4.79 Å². The molecule has 0 aromatic carbocycles. The highest BCUT2D eigenvalue weighted by Crippen LogP contribution is 2.47. The zero-order chi connectivity index (χ0) is 14.0. The topological polar surface area (TPSA) is 78.9 Å². The fourth-order valence-corrected chi connectivity index (χ4v) is 3.68. The van der Waals surface area contributed by atoms with Crippen LogP contribution in [0.1, 0.15) is 46.0 Å². The summed E-state index contributed by atoms with van der Waals surface area (Å²) in [4.78, 5) is 14.6. The molecule has 0 aromatic rings. The molecule has 0 radical (unpaired) electrons. The van der Waals surface area contributed by atoms with Gasteiger partial charge in [-0.15, -0.1) is 0 Å². The Morgan fingerprint density at radius 3 is 2.74 bits per heavy atom. The molecule has 1 aliphatic carbocycles. The second-order valence-corrected chi connectivity index (χ2v) is 6.28. The predicted molar refractivity (Wildman–Crippen MR) is 73.8 cm³/mol. The van der Waals surface area contributed by atoms with Gasteiger partial charge in [0.25, 0.3) is 0 Å². The van der Waals surface area contributed by atoms with Crippen molar-refractivity contribution in [1.29, 1.82) is 0 Å². The van der Waals surface area contributed by atoms with Gasteiger partial charge in [0, 0.05) is 13.1 Å². The van der Waals surface area contributed by atoms with Crippen molar-refractivity contribution in [3.05, 3.63) is 0 Å². The Hall–Kier alpha value is -1.26. The Morgan fingerprint density at radius 2 is 2.21 bits per heavy atom. The highest BCUT2D eigenvalue weighted by Gasteiger charge is 2.54. The van der Waals surface area contributed by atoms with Crippen molar-refractivity contribution in [2.45, 2.75) is 46.0 Å². The summed E-state index contributed by atoms with van der Waals surface area (Å²) in [5.74, 6) is 1.25. The molecule has 3 N–H and O–H groups in total. The van der Waals surface area contributed by atoms with Crippen molar-refractivity contribution in [1.82, 2.24) is 4.90 Å². The Bertz CT molecular complexity index is 375. The molecule has 1 atom stereocenters. The molecule has 5 heteroatoms. The SMILES string of the molecule is CCCC1CCN(C(=O)C2(C(N)=NO)CC(C)C2)C1. The van der Waals surface area contributed by atoms with Crippen molar-refractivity contribution in [2.75, 3.05) is 13.1 Å². The fraction of sp³-hybridized carbons (Fsp3) is 0.857. The molecule has 1 unspecified atom stereocenters. The molecule has 1 heterocycles. The summed E-state index contributed by atoms with van der Waals surface area (Å²) in [6.45, 7) is 5.93. The lowest BCUT2D eigenvalue weighted by atomic mass is 9.61. The molecule has 2 aliphatic rings. The third-order valence-corrected chi connectivity index (χ3v) is 4.67. The minimum Gasteiger partial charge on any atom is -0.409 e. The third kappa shape index (κ3) is 2.42. The van der Waals surface area contributed by atoms with E-state index >= 15 is 0 Å². The van der Waals surface area contributed by atoms with Crippen LogP contribution in [0, 0.1) is 17.3 Å². The molecule has 1 saturated heterocycles. The van der Waals surface area contributed by atoms with Crippen LogP contribution < -0.4 is 5.73 Å². The monoisotopic (exact) mass is 267 g/mol. The molecule has 5 nitrogen and oxygen atoms in total. The highest BCUT2D eigenvalue weighted by atomic mass is 16.4. The van der Waals surface area contributed by atoms with Crippen LogP contribution >= 0.6 is 0 Å². The van der Waals surface area contributed by atoms with Gasteiger partial charge in [-0.25, -0.2) is 0 Å². The molecule has 1 saturated carbocycles. The molecule has 0 aromatic heterocycles. The summed E-state index contributed by atoms with van der Waals surface area (Å²) in [7, 11) is 0. The summed E-state index contributed by atoms with van der Waals surface area (Å²) < 4.78 is 0. The maximum atomic E-state index is 12.7. The number of hydrogen-bond donors (Lipinski definition) is 2. The second-order valence-electron chi connectivity index (χ2n) is 6.28. The van der Waals surface area contributed by atoms with Crippen molar-refractivity contribution < 1.29 is 10.0 Å². The molecule has 19 heavy (non-hydrogen) atoms. The van der Waals surface area contributed by atoms with Gasteiger partial charge in [0.2, 0.25) is 5.91 Å². The van der Waals surface area contributed by atoms with Gasteiger partial charge in [-0.1, -0.05) is 25.4 Å². The summed E-state index contributed by atoms with van der Waals surface area (Å²) >= 11 is 0. The van der Waals surface area contributed by atoms with E-state index in [-0.39, 0.29) is 11.7 Å². The van der Waals surface area contributed by atoms with Gasteiger partial charge in [-0.2, -0.15) is 0 Å². The molecule has 0 bridgehead atoms. The normalized spacial score (nSPS) is 35.3. The molecule has 2 rings (SSSR count). The van der Waals surface area contributed by atoms with Crippen LogP contribution in [0.25, 0.3) is 0 Å². The Balaban J connectivity index is 2.06. The molecular formula is C14H25N3O2. The number of nitrogens with zero attached hydrogens (tertiary/aromatic N) is 2. The molecular weight excluding hydrogens is 242 g/mol. The predicted octanol–water partition coefficient (Wildman–Crippen LogP) is 1.80. The van der Waals surface area contributed by atoms with Crippen LogP contribution in [-0.4, -0.2) is 34.9 Å². The Kier molecular flexibility index (Phi) is 4.02. The summed E-state index contributed by atoms with van der Waals surface area (Å²) in [5.41, 5.74) is 5.06. The van der Waals surface area contributed by atoms with E-state index < -0.39 is 5.41 Å². The van der Waals surface area contributed by atoms with Gasteiger partial charge in [-0.05, 0) is 37.5 Å². The van der Waals surface area contributed by atoms with Crippen molar-refractivity contribution in [3.8, 4) is 0 Å². The summed E-state index contributed by atoms with van der Waals surface area (Å²) in [5, 5.41) is 12.1. The van der Waals surface area contributed by atoms with E-state index in [0.717, 1.165) is 25.9 Å². The lowest BCUT2D eigenvalue weighted by Crippen LogP contribution is -2.57. The first-order valence-electron chi connectivity index (χ1n) is 7.31. The maximum Gasteiger partial charge on any atom is 0.236 e. The van der Waals surface area contributed by atoms with Gasteiger partial charge < -0.3 is 15.8 Å². The molecule has 1 aliphatic heterocycles. The maximum absolute atomic E-state index is 12.7. The molecule has 0 spiro atoms. The van der Waals surface area contributed by atoms with Crippen molar-refractivity contribution in [2.24, 2.45) is 28.1 Å². The average molecular weight is 267 g/mol. The minimum absolute atomic E-state index is 0.0690. The largest absolute Gasteiger partial charge is 0.409 e. The van der Waals surface area contributed by atoms with E-state index in [1.165, 1.54) is 6.42 Å². The zero-order valence-electron chi connectivity index (χ0n) is 11.9. The smallest absolute Gasteiger partial charge is 0.236 e. The number of carbonyl (C=O) groups is 1. The highest BCUT2D eigenvalue weighted by molar-refractivity contribution is 6.07. The zero-order valence-corrected chi connectivity index (χ0v) is 11.9. The van der Waals surface area contributed by atoms with Gasteiger partial charge in [0.05, 0.1) is 0 Å². The van der Waals surface area contributed by atoms with Gasteiger partial charge >= 0.3 is 0 Å². The van der Waals surface area contributed by atoms with E-state index in [0.29, 0.717) is 24.7 Å². The number of hydrogen-bond acceptors (Lipinski definition) is 3. The number of oxime groups is 1. The van der Waals surface area contributed by atoms with E-state index in [1.807, 2.05) is 4.90 Å². The first kappa shape index (κ1) is 14.2. The first-order chi connectivity index (χ1) is 9.03. The quantitative estimate of drug-likeness (QED) is 0.353. The number of nitrogens with two attached hydrogens (primary N) is 1. The van der Waals surface area contributed by atoms with Gasteiger partial charge in [0.1, 0.15) is 5.41 Å². The van der Waals surface area contributed by atoms with E-state index in [1.54, 1.807) is 0 Å².